The molecule has 0 saturated carbocycles. The third-order valence-electron chi connectivity index (χ3n) is 4.83. The van der Waals surface area contributed by atoms with Crippen LogP contribution in [0.15, 0.2) is 24.3 Å². The first kappa shape index (κ1) is 17.1. The van der Waals surface area contributed by atoms with Crippen LogP contribution in [0, 0.1) is 5.92 Å². The largest absolute Gasteiger partial charge is 0.489 e. The molecule has 2 amide bonds. The number of halogens is 1. The lowest BCUT2D eigenvalue weighted by Gasteiger charge is -2.33. The van der Waals surface area contributed by atoms with Crippen LogP contribution in [0.4, 0.5) is 0 Å². The van der Waals surface area contributed by atoms with E-state index in [2.05, 4.69) is 0 Å². The highest BCUT2D eigenvalue weighted by Crippen LogP contribution is 2.28. The number of likely N-dealkylation sites (tertiary alicyclic amines) is 2. The Balaban J connectivity index is 1.51. The molecule has 24 heavy (non-hydrogen) atoms. The lowest BCUT2D eigenvalue weighted by atomic mass is 10.0. The van der Waals surface area contributed by atoms with Crippen molar-refractivity contribution >= 4 is 23.4 Å². The summed E-state index contributed by atoms with van der Waals surface area (Å²) in [5.74, 6) is 0.714. The van der Waals surface area contributed by atoms with Gasteiger partial charge in [0.2, 0.25) is 11.8 Å². The highest BCUT2D eigenvalue weighted by molar-refractivity contribution is 6.32. The summed E-state index contributed by atoms with van der Waals surface area (Å²) in [7, 11) is 0. The molecule has 1 atom stereocenters. The highest BCUT2D eigenvalue weighted by atomic mass is 35.5. The average molecular weight is 351 g/mol. The van der Waals surface area contributed by atoms with Crippen LogP contribution in [0.1, 0.15) is 26.2 Å². The molecule has 130 valence electrons. The molecule has 0 aliphatic carbocycles. The Hall–Kier alpha value is -1.75. The van der Waals surface area contributed by atoms with E-state index in [1.807, 2.05) is 36.1 Å². The molecule has 0 N–H and O–H groups in total. The van der Waals surface area contributed by atoms with Crippen molar-refractivity contribution in [2.24, 2.45) is 5.92 Å². The number of hydrogen-bond donors (Lipinski definition) is 0. The van der Waals surface area contributed by atoms with Crippen molar-refractivity contribution in [3.8, 4) is 5.75 Å². The van der Waals surface area contributed by atoms with Crippen LogP contribution in [0.5, 0.6) is 5.75 Å². The third kappa shape index (κ3) is 3.66. The van der Waals surface area contributed by atoms with Gasteiger partial charge in [0.25, 0.3) is 0 Å². The van der Waals surface area contributed by atoms with E-state index >= 15 is 0 Å². The number of para-hydroxylation sites is 1. The van der Waals surface area contributed by atoms with Gasteiger partial charge in [0.1, 0.15) is 11.9 Å². The predicted octanol–water partition coefficient (Wildman–Crippen LogP) is 2.58. The Bertz CT molecular complexity index is 614. The maximum Gasteiger partial charge on any atom is 0.227 e. The van der Waals surface area contributed by atoms with E-state index in [-0.39, 0.29) is 23.8 Å². The summed E-state index contributed by atoms with van der Waals surface area (Å²) in [5, 5.41) is 0.611. The molecular weight excluding hydrogens is 328 g/mol. The molecule has 2 fully saturated rings. The Morgan fingerprint density at radius 2 is 2.00 bits per heavy atom. The average Bonchev–Trinajstić information content (AvgIpc) is 2.98. The quantitative estimate of drug-likeness (QED) is 0.838. The van der Waals surface area contributed by atoms with Gasteiger partial charge in [-0.2, -0.15) is 0 Å². The zero-order chi connectivity index (χ0) is 17.1. The van der Waals surface area contributed by atoms with Crippen LogP contribution in [0.2, 0.25) is 5.02 Å². The lowest BCUT2D eigenvalue weighted by molar-refractivity contribution is -0.137. The summed E-state index contributed by atoms with van der Waals surface area (Å²) in [6, 6.07) is 7.45. The summed E-state index contributed by atoms with van der Waals surface area (Å²) in [5.41, 5.74) is 0. The van der Waals surface area contributed by atoms with Gasteiger partial charge in [0, 0.05) is 45.4 Å². The molecule has 2 aliphatic rings. The number of nitrogens with zero attached hydrogens (tertiary/aromatic N) is 2. The zero-order valence-corrected chi connectivity index (χ0v) is 14.7. The van der Waals surface area contributed by atoms with Crippen molar-refractivity contribution in [3.63, 3.8) is 0 Å². The molecule has 0 radical (unpaired) electrons. The van der Waals surface area contributed by atoms with Crippen molar-refractivity contribution < 1.29 is 14.3 Å². The van der Waals surface area contributed by atoms with E-state index in [1.54, 1.807) is 4.90 Å². The Kier molecular flexibility index (Phi) is 5.29. The van der Waals surface area contributed by atoms with Gasteiger partial charge in [-0.1, -0.05) is 23.7 Å². The Morgan fingerprint density at radius 3 is 2.62 bits per heavy atom. The lowest BCUT2D eigenvalue weighted by Crippen LogP contribution is -2.44. The van der Waals surface area contributed by atoms with Crippen molar-refractivity contribution in [1.82, 2.24) is 9.80 Å². The number of benzene rings is 1. The van der Waals surface area contributed by atoms with Crippen LogP contribution in [-0.2, 0) is 9.59 Å². The molecule has 5 nitrogen and oxygen atoms in total. The monoisotopic (exact) mass is 350 g/mol. The van der Waals surface area contributed by atoms with E-state index < -0.39 is 0 Å². The first-order valence-corrected chi connectivity index (χ1v) is 8.94. The molecule has 2 saturated heterocycles. The van der Waals surface area contributed by atoms with Gasteiger partial charge in [0.15, 0.2) is 0 Å². The molecule has 0 bridgehead atoms. The number of amides is 2. The molecule has 2 heterocycles. The molecule has 6 heteroatoms. The summed E-state index contributed by atoms with van der Waals surface area (Å²) >= 11 is 6.12. The highest BCUT2D eigenvalue weighted by Gasteiger charge is 2.36. The molecule has 2 aliphatic heterocycles. The summed E-state index contributed by atoms with van der Waals surface area (Å²) in [4.78, 5) is 28.1. The molecule has 1 aromatic carbocycles. The third-order valence-corrected chi connectivity index (χ3v) is 5.14. The molecule has 0 spiro atoms. The van der Waals surface area contributed by atoms with E-state index in [0.717, 1.165) is 12.8 Å². The molecule has 1 aromatic rings. The maximum absolute atomic E-state index is 12.6. The minimum Gasteiger partial charge on any atom is -0.489 e. The van der Waals surface area contributed by atoms with E-state index in [0.29, 0.717) is 43.4 Å². The van der Waals surface area contributed by atoms with Gasteiger partial charge in [-0.05, 0) is 19.1 Å². The van der Waals surface area contributed by atoms with E-state index in [1.165, 1.54) is 0 Å². The van der Waals surface area contributed by atoms with Crippen LogP contribution in [-0.4, -0.2) is 53.9 Å². The van der Waals surface area contributed by atoms with Crippen molar-refractivity contribution in [1.29, 1.82) is 0 Å². The fourth-order valence-corrected chi connectivity index (χ4v) is 3.60. The number of ether oxygens (including phenoxy) is 1. The number of rotatable bonds is 4. The van der Waals surface area contributed by atoms with Gasteiger partial charge in [-0.3, -0.25) is 9.59 Å². The molecule has 0 unspecified atom stereocenters. The second kappa shape index (κ2) is 7.43. The minimum absolute atomic E-state index is 0.0753. The normalized spacial score (nSPS) is 22.1. The standard InChI is InChI=1S/C18H23ClN2O3/c1-2-20-12-13(11-17(20)22)18(23)21-9-7-14(8-10-21)24-16-6-4-3-5-15(16)19/h3-6,13-14H,2,7-12H2,1H3/t13-/m0/s1. The maximum atomic E-state index is 12.6. The van der Waals surface area contributed by atoms with Crippen molar-refractivity contribution in [3.05, 3.63) is 29.3 Å². The summed E-state index contributed by atoms with van der Waals surface area (Å²) in [6.07, 6.45) is 2.00. The van der Waals surface area contributed by atoms with Crippen molar-refractivity contribution in [2.75, 3.05) is 26.2 Å². The summed E-state index contributed by atoms with van der Waals surface area (Å²) < 4.78 is 5.96. The minimum atomic E-state index is -0.182. The van der Waals surface area contributed by atoms with Crippen LogP contribution in [0.3, 0.4) is 0 Å². The Labute approximate surface area is 147 Å². The van der Waals surface area contributed by atoms with Gasteiger partial charge in [0.05, 0.1) is 10.9 Å². The second-order valence-corrected chi connectivity index (χ2v) is 6.81. The molecular formula is C18H23ClN2O3. The van der Waals surface area contributed by atoms with E-state index in [9.17, 15) is 9.59 Å². The summed E-state index contributed by atoms with van der Waals surface area (Å²) in [6.45, 7) is 4.53. The Morgan fingerprint density at radius 1 is 1.29 bits per heavy atom. The predicted molar refractivity (Wildman–Crippen MR) is 92.0 cm³/mol. The number of carbonyl (C=O) groups excluding carboxylic acids is 2. The number of hydrogen-bond acceptors (Lipinski definition) is 3. The van der Waals surface area contributed by atoms with E-state index in [4.69, 9.17) is 16.3 Å². The number of piperidine rings is 1. The van der Waals surface area contributed by atoms with Crippen LogP contribution in [0.25, 0.3) is 0 Å². The van der Waals surface area contributed by atoms with Gasteiger partial charge in [-0.15, -0.1) is 0 Å². The zero-order valence-electron chi connectivity index (χ0n) is 13.9. The van der Waals surface area contributed by atoms with Gasteiger partial charge < -0.3 is 14.5 Å². The SMILES string of the molecule is CCN1C[C@@H](C(=O)N2CCC(Oc3ccccc3Cl)CC2)CC1=O. The molecule has 0 aromatic heterocycles. The second-order valence-electron chi connectivity index (χ2n) is 6.41. The van der Waals surface area contributed by atoms with Gasteiger partial charge >= 0.3 is 0 Å². The number of carbonyl (C=O) groups is 2. The smallest absolute Gasteiger partial charge is 0.227 e. The van der Waals surface area contributed by atoms with Crippen LogP contribution >= 0.6 is 11.6 Å². The first-order valence-electron chi connectivity index (χ1n) is 8.56. The fourth-order valence-electron chi connectivity index (χ4n) is 3.42. The topological polar surface area (TPSA) is 49.9 Å². The van der Waals surface area contributed by atoms with Crippen molar-refractivity contribution in [2.45, 2.75) is 32.3 Å². The van der Waals surface area contributed by atoms with Crippen LogP contribution < -0.4 is 4.74 Å². The molecule has 3 rings (SSSR count). The van der Waals surface area contributed by atoms with Gasteiger partial charge in [-0.25, -0.2) is 0 Å². The first-order chi connectivity index (χ1) is 11.6. The fraction of sp³-hybridized carbons (Fsp3) is 0.556.